The van der Waals surface area contributed by atoms with Gasteiger partial charge < -0.3 is 23.1 Å². The Morgan fingerprint density at radius 3 is 1.15 bits per heavy atom. The molecule has 0 radical (unpaired) electrons. The molecule has 0 amide bonds. The summed E-state index contributed by atoms with van der Waals surface area (Å²) in [5.41, 5.74) is 14.5. The molecule has 3 heterocycles. The van der Waals surface area contributed by atoms with Crippen LogP contribution in [0.3, 0.4) is 0 Å². The number of hydrogen-bond acceptors (Lipinski definition) is 5. The molecular formula is C62H52N2O3. The van der Waals surface area contributed by atoms with Gasteiger partial charge in [-0.25, -0.2) is 0 Å². The molecule has 5 heteroatoms. The van der Waals surface area contributed by atoms with Crippen molar-refractivity contribution in [2.75, 3.05) is 9.80 Å². The molecule has 5 nitrogen and oxygen atoms in total. The lowest BCUT2D eigenvalue weighted by Crippen LogP contribution is -2.13. The molecule has 0 saturated heterocycles. The molecule has 0 fully saturated rings. The highest BCUT2D eigenvalue weighted by atomic mass is 16.3. The summed E-state index contributed by atoms with van der Waals surface area (Å²) in [5.74, 6) is 0. The largest absolute Gasteiger partial charge is 0.471 e. The zero-order chi connectivity index (χ0) is 45.9. The minimum absolute atomic E-state index is 0.00737. The Bertz CT molecular complexity index is 3650. The van der Waals surface area contributed by atoms with E-state index in [4.69, 9.17) is 13.3 Å². The van der Waals surface area contributed by atoms with Gasteiger partial charge in [-0.2, -0.15) is 0 Å². The van der Waals surface area contributed by atoms with Gasteiger partial charge in [-0.15, -0.1) is 0 Å². The number of aryl methyl sites for hydroxylation is 2. The summed E-state index contributed by atoms with van der Waals surface area (Å²) in [7, 11) is 0. The first kappa shape index (κ1) is 40.7. The van der Waals surface area contributed by atoms with E-state index in [1.807, 2.05) is 12.5 Å². The van der Waals surface area contributed by atoms with Crippen LogP contribution in [-0.2, 0) is 10.8 Å². The molecule has 9 aromatic carbocycles. The van der Waals surface area contributed by atoms with Crippen LogP contribution < -0.4 is 9.80 Å². The monoisotopic (exact) mass is 872 g/mol. The van der Waals surface area contributed by atoms with Crippen LogP contribution in [-0.4, -0.2) is 0 Å². The zero-order valence-corrected chi connectivity index (χ0v) is 39.3. The number of hydrogen-bond donors (Lipinski definition) is 0. The number of nitrogens with zero attached hydrogens (tertiary/aromatic N) is 2. The zero-order valence-electron chi connectivity index (χ0n) is 39.3. The van der Waals surface area contributed by atoms with Gasteiger partial charge in [0.1, 0.15) is 22.3 Å². The van der Waals surface area contributed by atoms with E-state index in [1.54, 1.807) is 0 Å². The van der Waals surface area contributed by atoms with Crippen molar-refractivity contribution in [1.82, 2.24) is 0 Å². The second-order valence-corrected chi connectivity index (χ2v) is 20.4. The maximum absolute atomic E-state index is 7.23. The fourth-order valence-electron chi connectivity index (χ4n) is 10.4. The van der Waals surface area contributed by atoms with Gasteiger partial charge in [0, 0.05) is 55.1 Å². The van der Waals surface area contributed by atoms with E-state index in [2.05, 4.69) is 223 Å². The van der Waals surface area contributed by atoms with Gasteiger partial charge in [0.15, 0.2) is 0 Å². The van der Waals surface area contributed by atoms with Gasteiger partial charge >= 0.3 is 0 Å². The second kappa shape index (κ2) is 14.9. The summed E-state index contributed by atoms with van der Waals surface area (Å²) in [5, 5.41) is 10.1. The van der Waals surface area contributed by atoms with E-state index in [-0.39, 0.29) is 10.8 Å². The van der Waals surface area contributed by atoms with Gasteiger partial charge in [0.2, 0.25) is 0 Å². The Hall–Kier alpha value is -7.76. The minimum atomic E-state index is 0.00737. The number of furan rings is 3. The van der Waals surface area contributed by atoms with Gasteiger partial charge in [-0.05, 0) is 131 Å². The van der Waals surface area contributed by atoms with Crippen molar-refractivity contribution < 1.29 is 13.3 Å². The van der Waals surface area contributed by atoms with Crippen molar-refractivity contribution in [1.29, 1.82) is 0 Å². The Kier molecular flexibility index (Phi) is 9.05. The number of benzene rings is 9. The molecule has 12 rings (SSSR count). The van der Waals surface area contributed by atoms with E-state index in [0.717, 1.165) is 110 Å². The van der Waals surface area contributed by atoms with Crippen molar-refractivity contribution in [2.24, 2.45) is 0 Å². The molecule has 0 unspecified atom stereocenters. The third kappa shape index (κ3) is 6.51. The average Bonchev–Trinajstić information content (AvgIpc) is 4.06. The standard InChI is InChI=1S/C62H52N2O3/c1-37-15-13-17-43(31-37)63(41-27-23-39(24-28-41)61(3,4)5)51-33-47-49-35-65-36-50(49)48-34-52(64(44-18-14-16-38(2)32-44)42-29-25-40(26-30-42)62(6,7)8)56-46-20-10-12-22-54(46)67-60(56)58(48)57(47)59-55(51)45-19-9-11-21-53(45)66-59/h9-36H,1-8H3. The highest BCUT2D eigenvalue weighted by Gasteiger charge is 2.30. The van der Waals surface area contributed by atoms with Crippen molar-refractivity contribution >= 4 is 110 Å². The fourth-order valence-corrected chi connectivity index (χ4v) is 10.4. The summed E-state index contributed by atoms with van der Waals surface area (Å²) in [4.78, 5) is 4.79. The molecule has 328 valence electrons. The minimum Gasteiger partial charge on any atom is -0.471 e. The third-order valence-electron chi connectivity index (χ3n) is 13.7. The van der Waals surface area contributed by atoms with Gasteiger partial charge in [-0.1, -0.05) is 126 Å². The number of fused-ring (bicyclic) bond motifs is 14. The Labute approximate surface area is 390 Å². The molecule has 0 aliphatic heterocycles. The molecule has 67 heavy (non-hydrogen) atoms. The van der Waals surface area contributed by atoms with Crippen LogP contribution >= 0.6 is 0 Å². The van der Waals surface area contributed by atoms with Crippen LogP contribution in [0, 0.1) is 13.8 Å². The van der Waals surface area contributed by atoms with Crippen LogP contribution in [0.25, 0.3) is 76.2 Å². The Morgan fingerprint density at radius 2 is 0.761 bits per heavy atom. The molecule has 0 saturated carbocycles. The number of rotatable bonds is 6. The predicted molar refractivity (Wildman–Crippen MR) is 282 cm³/mol. The SMILES string of the molecule is Cc1cccc(N(c2ccc(C(C)(C)C)cc2)c2cc3c4cocc4c4cc(N(c5ccc(C(C)(C)C)cc5)c5cccc(C)c5)c5c6ccccc6oc5c4c3c3oc4ccccc4c23)c1. The van der Waals surface area contributed by atoms with E-state index in [9.17, 15) is 0 Å². The second-order valence-electron chi connectivity index (χ2n) is 20.4. The fraction of sp³-hybridized carbons (Fsp3) is 0.161. The van der Waals surface area contributed by atoms with Crippen molar-refractivity contribution in [3.8, 4) is 0 Å². The maximum Gasteiger partial charge on any atom is 0.146 e. The van der Waals surface area contributed by atoms with Crippen molar-refractivity contribution in [3.63, 3.8) is 0 Å². The molecule has 0 spiro atoms. The smallest absolute Gasteiger partial charge is 0.146 e. The van der Waals surface area contributed by atoms with E-state index < -0.39 is 0 Å². The van der Waals surface area contributed by atoms with Crippen LogP contribution in [0.1, 0.15) is 63.8 Å². The molecule has 0 aliphatic rings. The highest BCUT2D eigenvalue weighted by Crippen LogP contribution is 2.54. The molecule has 0 bridgehead atoms. The first-order valence-corrected chi connectivity index (χ1v) is 23.3. The van der Waals surface area contributed by atoms with Gasteiger partial charge in [0.25, 0.3) is 0 Å². The lowest BCUT2D eigenvalue weighted by atomic mass is 9.87. The van der Waals surface area contributed by atoms with Gasteiger partial charge in [0.05, 0.1) is 34.7 Å². The number of anilines is 6. The third-order valence-corrected chi connectivity index (χ3v) is 13.7. The normalized spacial score (nSPS) is 12.5. The van der Waals surface area contributed by atoms with E-state index in [1.165, 1.54) is 22.3 Å². The first-order valence-electron chi connectivity index (χ1n) is 23.3. The molecule has 0 aliphatic carbocycles. The van der Waals surface area contributed by atoms with E-state index in [0.29, 0.717) is 0 Å². The van der Waals surface area contributed by atoms with Crippen molar-refractivity contribution in [2.45, 2.75) is 66.2 Å². The maximum atomic E-state index is 7.23. The average molecular weight is 873 g/mol. The van der Waals surface area contributed by atoms with Gasteiger partial charge in [-0.3, -0.25) is 0 Å². The van der Waals surface area contributed by atoms with Crippen LogP contribution in [0.2, 0.25) is 0 Å². The number of para-hydroxylation sites is 2. The van der Waals surface area contributed by atoms with E-state index >= 15 is 0 Å². The molecule has 12 aromatic rings. The first-order chi connectivity index (χ1) is 32.3. The van der Waals surface area contributed by atoms with Crippen LogP contribution in [0.15, 0.2) is 184 Å². The van der Waals surface area contributed by atoms with Crippen molar-refractivity contribution in [3.05, 3.63) is 193 Å². The summed E-state index contributed by atoms with van der Waals surface area (Å²) < 4.78 is 20.8. The summed E-state index contributed by atoms with van der Waals surface area (Å²) in [6, 6.07) is 57.2. The quantitative estimate of drug-likeness (QED) is 0.156. The summed E-state index contributed by atoms with van der Waals surface area (Å²) in [6.07, 6.45) is 3.80. The lowest BCUT2D eigenvalue weighted by Gasteiger charge is -2.29. The highest BCUT2D eigenvalue weighted by molar-refractivity contribution is 6.40. The molecule has 0 N–H and O–H groups in total. The summed E-state index contributed by atoms with van der Waals surface area (Å²) >= 11 is 0. The predicted octanol–water partition coefficient (Wildman–Crippen LogP) is 18.7. The molecular weight excluding hydrogens is 821 g/mol. The molecule has 0 atom stereocenters. The summed E-state index contributed by atoms with van der Waals surface area (Å²) in [6.45, 7) is 17.9. The molecule has 3 aromatic heterocycles. The Balaban J connectivity index is 1.24. The Morgan fingerprint density at radius 1 is 0.358 bits per heavy atom. The topological polar surface area (TPSA) is 45.9 Å². The van der Waals surface area contributed by atoms with Crippen LogP contribution in [0.4, 0.5) is 34.1 Å². The van der Waals surface area contributed by atoms with Crippen LogP contribution in [0.5, 0.6) is 0 Å². The lowest BCUT2D eigenvalue weighted by molar-refractivity contribution is 0.573.